The zero-order valence-corrected chi connectivity index (χ0v) is 15.0. The van der Waals surface area contributed by atoms with E-state index in [1.165, 1.54) is 5.56 Å². The Kier molecular flexibility index (Phi) is 7.62. The lowest BCUT2D eigenvalue weighted by atomic mass is 10.1. The first-order chi connectivity index (χ1) is 11.7. The molecule has 0 spiro atoms. The molecular weight excluding hydrogens is 302 g/mol. The third-order valence-corrected chi connectivity index (χ3v) is 3.84. The van der Waals surface area contributed by atoms with Gasteiger partial charge in [0.05, 0.1) is 20.0 Å². The largest absolute Gasteiger partial charge is 0.493 e. The minimum Gasteiger partial charge on any atom is -0.493 e. The summed E-state index contributed by atoms with van der Waals surface area (Å²) in [7, 11) is 1.69. The maximum absolute atomic E-state index is 5.82. The number of benzene rings is 1. The Bertz CT molecular complexity index is 582. The first-order valence-corrected chi connectivity index (χ1v) is 8.65. The van der Waals surface area contributed by atoms with E-state index < -0.39 is 0 Å². The number of ether oxygens (including phenoxy) is 2. The Balaban J connectivity index is 1.74. The van der Waals surface area contributed by atoms with Crippen LogP contribution in [0.4, 0.5) is 0 Å². The summed E-state index contributed by atoms with van der Waals surface area (Å²) in [5, 5.41) is 3.46. The molecule has 0 aliphatic carbocycles. The molecule has 1 aromatic carbocycles. The molecule has 0 bridgehead atoms. The fraction of sp³-hybridized carbons (Fsp3) is 0.526. The van der Waals surface area contributed by atoms with Gasteiger partial charge >= 0.3 is 0 Å². The van der Waals surface area contributed by atoms with Crippen molar-refractivity contribution in [1.29, 1.82) is 0 Å². The Morgan fingerprint density at radius 2 is 2.12 bits per heavy atom. The molecule has 1 heterocycles. The first-order valence-electron chi connectivity index (χ1n) is 8.65. The smallest absolute Gasteiger partial charge is 0.161 e. The predicted molar refractivity (Wildman–Crippen MR) is 96.5 cm³/mol. The van der Waals surface area contributed by atoms with E-state index in [4.69, 9.17) is 9.47 Å². The van der Waals surface area contributed by atoms with Crippen LogP contribution < -0.4 is 14.8 Å². The molecule has 1 N–H and O–H groups in total. The molecule has 5 heteroatoms. The predicted octanol–water partition coefficient (Wildman–Crippen LogP) is 3.50. The minimum absolute atomic E-state index is 0.641. The van der Waals surface area contributed by atoms with Gasteiger partial charge in [-0.15, -0.1) is 0 Å². The highest BCUT2D eigenvalue weighted by molar-refractivity contribution is 5.42. The van der Waals surface area contributed by atoms with E-state index in [2.05, 4.69) is 34.8 Å². The zero-order chi connectivity index (χ0) is 17.2. The summed E-state index contributed by atoms with van der Waals surface area (Å²) >= 11 is 0. The van der Waals surface area contributed by atoms with Crippen LogP contribution >= 0.6 is 0 Å². The van der Waals surface area contributed by atoms with Gasteiger partial charge in [0.25, 0.3) is 0 Å². The summed E-state index contributed by atoms with van der Waals surface area (Å²) < 4.78 is 13.4. The van der Waals surface area contributed by atoms with Gasteiger partial charge in [0.15, 0.2) is 11.5 Å². The summed E-state index contributed by atoms with van der Waals surface area (Å²) in [6.07, 6.45) is 7.77. The highest BCUT2D eigenvalue weighted by Gasteiger charge is 2.06. The van der Waals surface area contributed by atoms with Crippen molar-refractivity contribution in [2.75, 3.05) is 20.3 Å². The summed E-state index contributed by atoms with van der Waals surface area (Å²) in [5.41, 5.74) is 1.20. The average Bonchev–Trinajstić information content (AvgIpc) is 3.08. The van der Waals surface area contributed by atoms with Crippen LogP contribution in [0, 0.1) is 5.92 Å². The van der Waals surface area contributed by atoms with Crippen molar-refractivity contribution in [3.05, 3.63) is 42.5 Å². The number of methoxy groups -OCH3 is 1. The van der Waals surface area contributed by atoms with Crippen LogP contribution in [-0.4, -0.2) is 29.8 Å². The standard InChI is InChI=1S/C19H29N3O2/c1-16(2)7-12-24-18-6-5-17(13-19(18)23-3)14-20-8-4-10-22-11-9-21-15-22/h5-6,9,11,13,15-16,20H,4,7-8,10,12,14H2,1-3H3. The van der Waals surface area contributed by atoms with Gasteiger partial charge in [-0.05, 0) is 43.0 Å². The molecule has 0 amide bonds. The van der Waals surface area contributed by atoms with Gasteiger partial charge in [-0.3, -0.25) is 0 Å². The third kappa shape index (κ3) is 6.24. The van der Waals surface area contributed by atoms with Gasteiger partial charge in [-0.2, -0.15) is 0 Å². The molecule has 5 nitrogen and oxygen atoms in total. The van der Waals surface area contributed by atoms with Crippen LogP contribution in [0.15, 0.2) is 36.9 Å². The number of nitrogens with one attached hydrogen (secondary N) is 1. The molecule has 0 atom stereocenters. The molecule has 1 aromatic heterocycles. The maximum atomic E-state index is 5.82. The zero-order valence-electron chi connectivity index (χ0n) is 15.0. The van der Waals surface area contributed by atoms with Crippen molar-refractivity contribution in [2.45, 2.75) is 39.8 Å². The van der Waals surface area contributed by atoms with Gasteiger partial charge in [-0.1, -0.05) is 19.9 Å². The van der Waals surface area contributed by atoms with E-state index in [-0.39, 0.29) is 0 Å². The highest BCUT2D eigenvalue weighted by atomic mass is 16.5. The summed E-state index contributed by atoms with van der Waals surface area (Å²) in [5.74, 6) is 2.26. The summed E-state index contributed by atoms with van der Waals surface area (Å²) in [6.45, 7) is 7.89. The second-order valence-corrected chi connectivity index (χ2v) is 6.35. The number of aromatic nitrogens is 2. The Hall–Kier alpha value is -2.01. The van der Waals surface area contributed by atoms with E-state index in [1.807, 2.05) is 30.9 Å². The fourth-order valence-corrected chi connectivity index (χ4v) is 2.38. The van der Waals surface area contributed by atoms with Crippen molar-refractivity contribution in [3.63, 3.8) is 0 Å². The van der Waals surface area contributed by atoms with Crippen molar-refractivity contribution >= 4 is 0 Å². The van der Waals surface area contributed by atoms with Crippen molar-refractivity contribution in [3.8, 4) is 11.5 Å². The van der Waals surface area contributed by atoms with Gasteiger partial charge in [0.1, 0.15) is 0 Å². The van der Waals surface area contributed by atoms with E-state index in [0.29, 0.717) is 5.92 Å². The molecule has 2 aromatic rings. The Morgan fingerprint density at radius 1 is 1.25 bits per heavy atom. The second kappa shape index (κ2) is 9.98. The minimum atomic E-state index is 0.641. The third-order valence-electron chi connectivity index (χ3n) is 3.84. The highest BCUT2D eigenvalue weighted by Crippen LogP contribution is 2.28. The normalized spacial score (nSPS) is 11.0. The molecule has 0 radical (unpaired) electrons. The maximum Gasteiger partial charge on any atom is 0.161 e. The van der Waals surface area contributed by atoms with E-state index >= 15 is 0 Å². The van der Waals surface area contributed by atoms with Crippen LogP contribution in [0.2, 0.25) is 0 Å². The molecule has 24 heavy (non-hydrogen) atoms. The molecule has 0 saturated heterocycles. The first kappa shape index (κ1) is 18.3. The number of imidazole rings is 1. The molecule has 0 aliphatic heterocycles. The van der Waals surface area contributed by atoms with Crippen LogP contribution in [-0.2, 0) is 13.1 Å². The van der Waals surface area contributed by atoms with Gasteiger partial charge in [0, 0.05) is 25.5 Å². The number of hydrogen-bond donors (Lipinski definition) is 1. The van der Waals surface area contributed by atoms with E-state index in [1.54, 1.807) is 7.11 Å². The molecule has 2 rings (SSSR count). The quantitative estimate of drug-likeness (QED) is 0.640. The van der Waals surface area contributed by atoms with Gasteiger partial charge < -0.3 is 19.4 Å². The Labute approximate surface area is 145 Å². The average molecular weight is 331 g/mol. The van der Waals surface area contributed by atoms with Crippen molar-refractivity contribution in [2.24, 2.45) is 5.92 Å². The van der Waals surface area contributed by atoms with Crippen LogP contribution in [0.1, 0.15) is 32.3 Å². The van der Waals surface area contributed by atoms with Crippen LogP contribution in [0.3, 0.4) is 0 Å². The molecule has 0 saturated carbocycles. The monoisotopic (exact) mass is 331 g/mol. The van der Waals surface area contributed by atoms with E-state index in [0.717, 1.165) is 50.6 Å². The topological polar surface area (TPSA) is 48.3 Å². The fourth-order valence-electron chi connectivity index (χ4n) is 2.38. The summed E-state index contributed by atoms with van der Waals surface area (Å²) in [4.78, 5) is 4.04. The number of hydrogen-bond acceptors (Lipinski definition) is 4. The lowest BCUT2D eigenvalue weighted by molar-refractivity contribution is 0.273. The van der Waals surface area contributed by atoms with Gasteiger partial charge in [-0.25, -0.2) is 4.98 Å². The molecule has 0 aliphatic rings. The number of nitrogens with zero attached hydrogens (tertiary/aromatic N) is 2. The number of aryl methyl sites for hydroxylation is 1. The number of rotatable bonds is 11. The van der Waals surface area contributed by atoms with Gasteiger partial charge in [0.2, 0.25) is 0 Å². The van der Waals surface area contributed by atoms with Crippen molar-refractivity contribution < 1.29 is 9.47 Å². The molecular formula is C19H29N3O2. The van der Waals surface area contributed by atoms with E-state index in [9.17, 15) is 0 Å². The van der Waals surface area contributed by atoms with Crippen LogP contribution in [0.5, 0.6) is 11.5 Å². The lowest BCUT2D eigenvalue weighted by Gasteiger charge is -2.13. The SMILES string of the molecule is COc1cc(CNCCCn2ccnc2)ccc1OCCC(C)C. The summed E-state index contributed by atoms with van der Waals surface area (Å²) in [6, 6.07) is 6.14. The molecule has 0 fully saturated rings. The second-order valence-electron chi connectivity index (χ2n) is 6.35. The van der Waals surface area contributed by atoms with Crippen LogP contribution in [0.25, 0.3) is 0 Å². The molecule has 0 unspecified atom stereocenters. The lowest BCUT2D eigenvalue weighted by Crippen LogP contribution is -2.16. The Morgan fingerprint density at radius 3 is 2.83 bits per heavy atom. The molecule has 132 valence electrons. The van der Waals surface area contributed by atoms with Crippen molar-refractivity contribution in [1.82, 2.24) is 14.9 Å².